The van der Waals surface area contributed by atoms with E-state index in [1.54, 1.807) is 54.6 Å². The van der Waals surface area contributed by atoms with E-state index in [9.17, 15) is 9.59 Å². The summed E-state index contributed by atoms with van der Waals surface area (Å²) >= 11 is 12.1. The minimum atomic E-state index is -1.16. The van der Waals surface area contributed by atoms with Gasteiger partial charge < -0.3 is 10.1 Å². The highest BCUT2D eigenvalue weighted by molar-refractivity contribution is 6.35. The van der Waals surface area contributed by atoms with Crippen LogP contribution in [0.4, 0.5) is 5.69 Å². The van der Waals surface area contributed by atoms with Crippen LogP contribution in [0, 0.1) is 0 Å². The number of hydrogen-bond donors (Lipinski definition) is 1. The zero-order chi connectivity index (χ0) is 23.2. The molecule has 0 saturated carbocycles. The van der Waals surface area contributed by atoms with Crippen molar-refractivity contribution in [3.8, 4) is 11.1 Å². The van der Waals surface area contributed by atoms with Crippen molar-refractivity contribution in [1.29, 1.82) is 0 Å². The number of benzene rings is 4. The number of ether oxygens (including phenoxy) is 1. The zero-order valence-electron chi connectivity index (χ0n) is 17.4. The van der Waals surface area contributed by atoms with Crippen molar-refractivity contribution in [3.63, 3.8) is 0 Å². The minimum Gasteiger partial charge on any atom is -0.444 e. The molecule has 0 spiro atoms. The van der Waals surface area contributed by atoms with E-state index in [1.165, 1.54) is 0 Å². The van der Waals surface area contributed by atoms with Crippen LogP contribution in [0.5, 0.6) is 0 Å². The van der Waals surface area contributed by atoms with Crippen LogP contribution in [0.25, 0.3) is 11.1 Å². The molecule has 0 heterocycles. The molecule has 1 atom stereocenters. The van der Waals surface area contributed by atoms with Crippen molar-refractivity contribution in [2.45, 2.75) is 6.10 Å². The molecule has 0 radical (unpaired) electrons. The van der Waals surface area contributed by atoms with Crippen LogP contribution >= 0.6 is 23.2 Å². The number of carbonyl (C=O) groups excluding carboxylic acids is 2. The van der Waals surface area contributed by atoms with Crippen LogP contribution in [-0.2, 0) is 9.53 Å². The molecule has 1 amide bonds. The highest BCUT2D eigenvalue weighted by Gasteiger charge is 2.26. The second-order valence-corrected chi connectivity index (χ2v) is 8.16. The number of hydrogen-bond acceptors (Lipinski definition) is 3. The first-order valence-corrected chi connectivity index (χ1v) is 10.9. The maximum Gasteiger partial charge on any atom is 0.339 e. The standard InChI is InChI=1S/C27H19Cl2NO3/c28-22-15-23(29)17-24(16-22)30-26(31)25(20-9-5-2-6-10-20)33-27(32)21-13-11-19(12-14-21)18-7-3-1-4-8-18/h1-17,25H,(H,30,31)/t25-/m0/s1. The molecule has 4 rings (SSSR count). The second kappa shape index (κ2) is 10.3. The fraction of sp³-hybridized carbons (Fsp3) is 0.0370. The quantitative estimate of drug-likeness (QED) is 0.300. The molecule has 0 saturated heterocycles. The average molecular weight is 476 g/mol. The molecular formula is C27H19Cl2NO3. The van der Waals surface area contributed by atoms with E-state index < -0.39 is 18.0 Å². The van der Waals surface area contributed by atoms with E-state index in [0.717, 1.165) is 11.1 Å². The Kier molecular flexibility index (Phi) is 7.08. The first kappa shape index (κ1) is 22.6. The Morgan fingerprint density at radius 1 is 0.697 bits per heavy atom. The molecule has 0 aliphatic heterocycles. The van der Waals surface area contributed by atoms with Gasteiger partial charge in [-0.3, -0.25) is 4.79 Å². The van der Waals surface area contributed by atoms with Crippen LogP contribution in [0.3, 0.4) is 0 Å². The van der Waals surface area contributed by atoms with Crippen LogP contribution in [-0.4, -0.2) is 11.9 Å². The van der Waals surface area contributed by atoms with Crippen molar-refractivity contribution < 1.29 is 14.3 Å². The summed E-state index contributed by atoms with van der Waals surface area (Å²) in [6, 6.07) is 30.4. The van der Waals surface area contributed by atoms with Crippen molar-refractivity contribution >= 4 is 40.8 Å². The monoisotopic (exact) mass is 475 g/mol. The predicted molar refractivity (Wildman–Crippen MR) is 132 cm³/mol. The molecular weight excluding hydrogens is 457 g/mol. The number of amides is 1. The number of esters is 1. The van der Waals surface area contributed by atoms with Gasteiger partial charge in [0, 0.05) is 21.3 Å². The highest BCUT2D eigenvalue weighted by Crippen LogP contribution is 2.26. The van der Waals surface area contributed by atoms with Crippen LogP contribution in [0.2, 0.25) is 10.0 Å². The van der Waals surface area contributed by atoms with Gasteiger partial charge in [-0.15, -0.1) is 0 Å². The second-order valence-electron chi connectivity index (χ2n) is 7.29. The van der Waals surface area contributed by atoms with E-state index in [-0.39, 0.29) is 0 Å². The lowest BCUT2D eigenvalue weighted by atomic mass is 10.0. The number of carbonyl (C=O) groups is 2. The third kappa shape index (κ3) is 5.80. The molecule has 4 aromatic carbocycles. The highest BCUT2D eigenvalue weighted by atomic mass is 35.5. The van der Waals surface area contributed by atoms with Gasteiger partial charge in [0.1, 0.15) is 0 Å². The summed E-state index contributed by atoms with van der Waals surface area (Å²) < 4.78 is 5.65. The summed E-state index contributed by atoms with van der Waals surface area (Å²) in [6.45, 7) is 0. The molecule has 6 heteroatoms. The van der Waals surface area contributed by atoms with E-state index in [2.05, 4.69) is 5.32 Å². The van der Waals surface area contributed by atoms with Gasteiger partial charge in [0.05, 0.1) is 5.56 Å². The Labute approximate surface area is 201 Å². The smallest absolute Gasteiger partial charge is 0.339 e. The van der Waals surface area contributed by atoms with Gasteiger partial charge in [0.25, 0.3) is 5.91 Å². The van der Waals surface area contributed by atoms with Crippen LogP contribution in [0.15, 0.2) is 103 Å². The molecule has 0 aliphatic carbocycles. The Morgan fingerprint density at radius 3 is 1.85 bits per heavy atom. The third-order valence-corrected chi connectivity index (χ3v) is 5.36. The summed E-state index contributed by atoms with van der Waals surface area (Å²) in [6.07, 6.45) is -1.16. The fourth-order valence-electron chi connectivity index (χ4n) is 3.34. The number of rotatable bonds is 6. The van der Waals surface area contributed by atoms with Gasteiger partial charge in [0.15, 0.2) is 0 Å². The maximum absolute atomic E-state index is 13.1. The lowest BCUT2D eigenvalue weighted by Gasteiger charge is -2.18. The molecule has 4 nitrogen and oxygen atoms in total. The van der Waals surface area contributed by atoms with Gasteiger partial charge in [-0.2, -0.15) is 0 Å². The molecule has 164 valence electrons. The average Bonchev–Trinajstić information content (AvgIpc) is 2.83. The topological polar surface area (TPSA) is 55.4 Å². The third-order valence-electron chi connectivity index (χ3n) is 4.92. The molecule has 0 aliphatic rings. The molecule has 0 unspecified atom stereocenters. The van der Waals surface area contributed by atoms with Crippen LogP contribution in [0.1, 0.15) is 22.0 Å². The largest absolute Gasteiger partial charge is 0.444 e. The van der Waals surface area contributed by atoms with E-state index in [0.29, 0.717) is 26.9 Å². The molecule has 4 aromatic rings. The lowest BCUT2D eigenvalue weighted by Crippen LogP contribution is -2.26. The number of anilines is 1. The Bertz CT molecular complexity index is 1240. The van der Waals surface area contributed by atoms with E-state index >= 15 is 0 Å². The zero-order valence-corrected chi connectivity index (χ0v) is 18.9. The Balaban J connectivity index is 1.55. The summed E-state index contributed by atoms with van der Waals surface area (Å²) in [5.41, 5.74) is 3.30. The summed E-state index contributed by atoms with van der Waals surface area (Å²) in [7, 11) is 0. The van der Waals surface area contributed by atoms with Crippen LogP contribution < -0.4 is 5.32 Å². The molecule has 0 aromatic heterocycles. The first-order valence-electron chi connectivity index (χ1n) is 10.2. The lowest BCUT2D eigenvalue weighted by molar-refractivity contribution is -0.125. The first-order chi connectivity index (χ1) is 16.0. The number of halogens is 2. The Morgan fingerprint density at radius 2 is 1.24 bits per heavy atom. The Hall–Kier alpha value is -3.60. The van der Waals surface area contributed by atoms with E-state index in [1.807, 2.05) is 48.5 Å². The van der Waals surface area contributed by atoms with Crippen molar-refractivity contribution in [2.24, 2.45) is 0 Å². The molecule has 33 heavy (non-hydrogen) atoms. The summed E-state index contributed by atoms with van der Waals surface area (Å²) in [4.78, 5) is 26.0. The molecule has 0 bridgehead atoms. The van der Waals surface area contributed by atoms with Gasteiger partial charge in [-0.05, 0) is 41.5 Å². The van der Waals surface area contributed by atoms with Crippen molar-refractivity contribution in [3.05, 3.63) is 124 Å². The SMILES string of the molecule is O=C(O[C@H](C(=O)Nc1cc(Cl)cc(Cl)c1)c1ccccc1)c1ccc(-c2ccccc2)cc1. The van der Waals surface area contributed by atoms with Gasteiger partial charge in [0.2, 0.25) is 6.10 Å². The molecule has 1 N–H and O–H groups in total. The summed E-state index contributed by atoms with van der Waals surface area (Å²) in [5.74, 6) is -1.13. The van der Waals surface area contributed by atoms with Crippen molar-refractivity contribution in [2.75, 3.05) is 5.32 Å². The normalized spacial score (nSPS) is 11.5. The van der Waals surface area contributed by atoms with Gasteiger partial charge in [-0.1, -0.05) is 96.0 Å². The predicted octanol–water partition coefficient (Wildman–Crippen LogP) is 7.20. The summed E-state index contributed by atoms with van der Waals surface area (Å²) in [5, 5.41) is 3.48. The van der Waals surface area contributed by atoms with Gasteiger partial charge in [-0.25, -0.2) is 4.79 Å². The molecule has 0 fully saturated rings. The number of nitrogens with one attached hydrogen (secondary N) is 1. The fourth-order valence-corrected chi connectivity index (χ4v) is 3.87. The maximum atomic E-state index is 13.1. The van der Waals surface area contributed by atoms with Crippen molar-refractivity contribution in [1.82, 2.24) is 0 Å². The van der Waals surface area contributed by atoms with Gasteiger partial charge >= 0.3 is 5.97 Å². The van der Waals surface area contributed by atoms with E-state index in [4.69, 9.17) is 27.9 Å². The minimum absolute atomic E-state index is 0.342.